The number of rotatable bonds is 9. The van der Waals surface area contributed by atoms with Gasteiger partial charge in [-0.15, -0.1) is 0 Å². The van der Waals surface area contributed by atoms with Crippen LogP contribution >= 0.6 is 0 Å². The number of carboxylic acids is 1. The highest BCUT2D eigenvalue weighted by molar-refractivity contribution is 5.83. The molecule has 2 atom stereocenters. The number of hydrogen-bond donors (Lipinski definition) is 2. The van der Waals surface area contributed by atoms with E-state index in [9.17, 15) is 14.4 Å². The fraction of sp³-hybridized carbons (Fsp3) is 0.615. The molecule has 0 aromatic rings. The van der Waals surface area contributed by atoms with E-state index in [2.05, 4.69) is 5.32 Å². The Hall–Kier alpha value is -1.65. The van der Waals surface area contributed by atoms with Crippen LogP contribution in [0.3, 0.4) is 0 Å². The summed E-state index contributed by atoms with van der Waals surface area (Å²) in [6.45, 7) is 3.89. The lowest BCUT2D eigenvalue weighted by Gasteiger charge is -2.14. The Morgan fingerprint density at radius 3 is 2.61 bits per heavy atom. The quantitative estimate of drug-likeness (QED) is 0.610. The minimum Gasteiger partial charge on any atom is -0.480 e. The normalized spacial score (nSPS) is 14.1. The third-order valence-corrected chi connectivity index (χ3v) is 2.38. The molecule has 18 heavy (non-hydrogen) atoms. The summed E-state index contributed by atoms with van der Waals surface area (Å²) in [6.07, 6.45) is 6.73. The van der Waals surface area contributed by atoms with Crippen LogP contribution in [0.15, 0.2) is 12.2 Å². The van der Waals surface area contributed by atoms with Gasteiger partial charge in [0.1, 0.15) is 6.04 Å². The summed E-state index contributed by atoms with van der Waals surface area (Å²) < 4.78 is 0. The minimum absolute atomic E-state index is 0.00252. The fourth-order valence-electron chi connectivity index (χ4n) is 1.44. The lowest BCUT2D eigenvalue weighted by atomic mass is 10.1. The lowest BCUT2D eigenvalue weighted by Crippen LogP contribution is -2.41. The van der Waals surface area contributed by atoms with Gasteiger partial charge in [-0.2, -0.15) is 0 Å². The number of amides is 1. The molecule has 0 bridgehead atoms. The Bertz CT molecular complexity index is 312. The first-order chi connectivity index (χ1) is 8.51. The van der Waals surface area contributed by atoms with Crippen LogP contribution in [0.1, 0.15) is 39.5 Å². The molecule has 1 radical (unpaired) electrons. The van der Waals surface area contributed by atoms with Crippen molar-refractivity contribution in [2.24, 2.45) is 5.92 Å². The van der Waals surface area contributed by atoms with Gasteiger partial charge in [0.25, 0.3) is 0 Å². The highest BCUT2D eigenvalue weighted by Gasteiger charge is 2.19. The zero-order chi connectivity index (χ0) is 14.0. The van der Waals surface area contributed by atoms with Gasteiger partial charge in [0.05, 0.1) is 0 Å². The molecule has 0 saturated carbocycles. The van der Waals surface area contributed by atoms with Gasteiger partial charge in [-0.1, -0.05) is 26.0 Å². The van der Waals surface area contributed by atoms with E-state index in [1.807, 2.05) is 26.0 Å². The molecular formula is C13H20NO4. The molecule has 5 nitrogen and oxygen atoms in total. The molecular weight excluding hydrogens is 234 g/mol. The third kappa shape index (κ3) is 7.60. The fourth-order valence-corrected chi connectivity index (χ4v) is 1.44. The van der Waals surface area contributed by atoms with Gasteiger partial charge >= 0.3 is 5.97 Å². The second-order valence-corrected chi connectivity index (χ2v) is 4.16. The summed E-state index contributed by atoms with van der Waals surface area (Å²) in [4.78, 5) is 32.5. The van der Waals surface area contributed by atoms with Crippen molar-refractivity contribution in [1.82, 2.24) is 5.32 Å². The molecule has 2 N–H and O–H groups in total. The maximum absolute atomic E-state index is 11.6. The Balaban J connectivity index is 4.20. The van der Waals surface area contributed by atoms with Crippen molar-refractivity contribution in [3.8, 4) is 0 Å². The van der Waals surface area contributed by atoms with E-state index in [-0.39, 0.29) is 31.1 Å². The van der Waals surface area contributed by atoms with Gasteiger partial charge < -0.3 is 10.4 Å². The van der Waals surface area contributed by atoms with Crippen molar-refractivity contribution >= 4 is 18.2 Å². The second kappa shape index (κ2) is 9.39. The average molecular weight is 254 g/mol. The summed E-state index contributed by atoms with van der Waals surface area (Å²) in [5.74, 6) is -1.38. The predicted molar refractivity (Wildman–Crippen MR) is 67.7 cm³/mol. The second-order valence-electron chi connectivity index (χ2n) is 4.16. The van der Waals surface area contributed by atoms with Crippen LogP contribution in [0, 0.1) is 5.92 Å². The maximum atomic E-state index is 11.6. The van der Waals surface area contributed by atoms with Crippen molar-refractivity contribution < 1.29 is 19.5 Å². The average Bonchev–Trinajstić information content (AvgIpc) is 2.31. The van der Waals surface area contributed by atoms with E-state index >= 15 is 0 Å². The molecule has 0 heterocycles. The minimum atomic E-state index is -1.13. The van der Waals surface area contributed by atoms with Crippen LogP contribution in [0.2, 0.25) is 0 Å². The summed E-state index contributed by atoms with van der Waals surface area (Å²) in [7, 11) is 0. The molecule has 0 rings (SSSR count). The first-order valence-electron chi connectivity index (χ1n) is 6.05. The first kappa shape index (κ1) is 16.4. The molecule has 0 aromatic heterocycles. The van der Waals surface area contributed by atoms with Crippen LogP contribution in [-0.2, 0) is 14.4 Å². The predicted octanol–water partition coefficient (Wildman–Crippen LogP) is 1.44. The first-order valence-corrected chi connectivity index (χ1v) is 6.05. The highest BCUT2D eigenvalue weighted by atomic mass is 16.4. The Kier molecular flexibility index (Phi) is 8.53. The van der Waals surface area contributed by atoms with Crippen LogP contribution in [0.4, 0.5) is 0 Å². The smallest absolute Gasteiger partial charge is 0.326 e. The van der Waals surface area contributed by atoms with Gasteiger partial charge in [0.15, 0.2) is 6.29 Å². The van der Waals surface area contributed by atoms with E-state index in [0.717, 1.165) is 6.42 Å². The Morgan fingerprint density at radius 1 is 1.44 bits per heavy atom. The lowest BCUT2D eigenvalue weighted by molar-refractivity contribution is -0.142. The van der Waals surface area contributed by atoms with Crippen LogP contribution in [0.25, 0.3) is 0 Å². The van der Waals surface area contributed by atoms with Crippen LogP contribution in [0.5, 0.6) is 0 Å². The van der Waals surface area contributed by atoms with Gasteiger partial charge in [-0.05, 0) is 18.8 Å². The molecule has 0 aromatic carbocycles. The number of carbonyl (C=O) groups excluding carboxylic acids is 2. The number of allylic oxidation sites excluding steroid dienone is 2. The Labute approximate surface area is 107 Å². The van der Waals surface area contributed by atoms with E-state index in [4.69, 9.17) is 5.11 Å². The molecule has 0 aliphatic carbocycles. The summed E-state index contributed by atoms with van der Waals surface area (Å²) in [6, 6.07) is -1.01. The SMILES string of the molecule is CC/C=C/C(C)CC(=O)N[C@H](CC[C]=O)C(=O)O. The van der Waals surface area contributed by atoms with Crippen molar-refractivity contribution in [1.29, 1.82) is 0 Å². The molecule has 1 amide bonds. The summed E-state index contributed by atoms with van der Waals surface area (Å²) in [5, 5.41) is 11.3. The molecule has 0 aliphatic rings. The van der Waals surface area contributed by atoms with E-state index in [0.29, 0.717) is 0 Å². The standard InChI is InChI=1S/C13H20NO4/c1-3-4-6-10(2)9-12(16)14-11(13(17)18)7-5-8-15/h4,6,10-11H,3,5,7,9H2,1-2H3,(H,14,16)(H,17,18)/b6-4+/t10?,11-/m1/s1. The number of nitrogens with one attached hydrogen (secondary N) is 1. The van der Waals surface area contributed by atoms with Crippen LogP contribution in [-0.4, -0.2) is 29.3 Å². The van der Waals surface area contributed by atoms with E-state index in [1.165, 1.54) is 0 Å². The zero-order valence-electron chi connectivity index (χ0n) is 10.8. The molecule has 0 spiro atoms. The number of hydrogen-bond acceptors (Lipinski definition) is 3. The van der Waals surface area contributed by atoms with Gasteiger partial charge in [0, 0.05) is 12.8 Å². The van der Waals surface area contributed by atoms with Crippen molar-refractivity contribution in [3.05, 3.63) is 12.2 Å². The largest absolute Gasteiger partial charge is 0.480 e. The van der Waals surface area contributed by atoms with E-state index < -0.39 is 12.0 Å². The van der Waals surface area contributed by atoms with Gasteiger partial charge in [-0.25, -0.2) is 4.79 Å². The van der Waals surface area contributed by atoms with Crippen LogP contribution < -0.4 is 5.32 Å². The monoisotopic (exact) mass is 254 g/mol. The highest BCUT2D eigenvalue weighted by Crippen LogP contribution is 2.05. The van der Waals surface area contributed by atoms with E-state index in [1.54, 1.807) is 6.29 Å². The number of carboxylic acid groups (broad SMARTS) is 1. The number of aliphatic carboxylic acids is 1. The molecule has 0 fully saturated rings. The van der Waals surface area contributed by atoms with Crippen molar-refractivity contribution in [2.45, 2.75) is 45.6 Å². The molecule has 101 valence electrons. The molecule has 1 unspecified atom stereocenters. The topological polar surface area (TPSA) is 83.5 Å². The molecule has 0 aliphatic heterocycles. The van der Waals surface area contributed by atoms with Crippen molar-refractivity contribution in [2.75, 3.05) is 0 Å². The molecule has 5 heteroatoms. The summed E-state index contributed by atoms with van der Waals surface area (Å²) >= 11 is 0. The third-order valence-electron chi connectivity index (χ3n) is 2.38. The molecule has 0 saturated heterocycles. The number of carbonyl (C=O) groups is 2. The van der Waals surface area contributed by atoms with Gasteiger partial charge in [-0.3, -0.25) is 9.59 Å². The van der Waals surface area contributed by atoms with Crippen molar-refractivity contribution in [3.63, 3.8) is 0 Å². The summed E-state index contributed by atoms with van der Waals surface area (Å²) in [5.41, 5.74) is 0. The van der Waals surface area contributed by atoms with Gasteiger partial charge in [0.2, 0.25) is 5.91 Å². The Morgan fingerprint density at radius 2 is 2.11 bits per heavy atom. The maximum Gasteiger partial charge on any atom is 0.326 e. The zero-order valence-corrected chi connectivity index (χ0v) is 10.8.